The Morgan fingerprint density at radius 3 is 2.30 bits per heavy atom. The summed E-state index contributed by atoms with van der Waals surface area (Å²) < 4.78 is 30.3. The molecule has 9 nitrogen and oxygen atoms in total. The summed E-state index contributed by atoms with van der Waals surface area (Å²) >= 11 is 0. The van der Waals surface area contributed by atoms with Crippen LogP contribution in [0.1, 0.15) is 19.4 Å². The SMILES string of the molecule is Cc1ccc(S(=O)(=O)N(C)CC(=O)OCC(=O)NC(=O)NCC(C)C)cc1. The van der Waals surface area contributed by atoms with Gasteiger partial charge in [-0.1, -0.05) is 31.5 Å². The van der Waals surface area contributed by atoms with Gasteiger partial charge < -0.3 is 10.1 Å². The first-order valence-corrected chi connectivity index (χ1v) is 9.72. The number of amides is 3. The number of carbonyl (C=O) groups is 3. The number of urea groups is 1. The van der Waals surface area contributed by atoms with Crippen molar-refractivity contribution in [3.63, 3.8) is 0 Å². The van der Waals surface area contributed by atoms with Gasteiger partial charge in [0.2, 0.25) is 10.0 Å². The summed E-state index contributed by atoms with van der Waals surface area (Å²) in [5.74, 6) is -1.51. The van der Waals surface area contributed by atoms with Gasteiger partial charge >= 0.3 is 12.0 Å². The average Bonchev–Trinajstić information content (AvgIpc) is 2.58. The van der Waals surface area contributed by atoms with E-state index in [2.05, 4.69) is 5.32 Å². The third kappa shape index (κ3) is 7.75. The molecule has 0 aliphatic carbocycles. The van der Waals surface area contributed by atoms with Gasteiger partial charge in [-0.3, -0.25) is 14.9 Å². The zero-order chi connectivity index (χ0) is 20.6. The van der Waals surface area contributed by atoms with E-state index in [9.17, 15) is 22.8 Å². The fourth-order valence-electron chi connectivity index (χ4n) is 1.85. The standard InChI is InChI=1S/C17H25N3O6S/c1-12(2)9-18-17(23)19-15(21)11-26-16(22)10-20(4)27(24,25)14-7-5-13(3)6-8-14/h5-8,12H,9-11H2,1-4H3,(H2,18,19,21,23). The van der Waals surface area contributed by atoms with Crippen molar-refractivity contribution in [1.82, 2.24) is 14.9 Å². The molecule has 1 rings (SSSR count). The van der Waals surface area contributed by atoms with Crippen LogP contribution in [0, 0.1) is 12.8 Å². The molecule has 0 saturated carbocycles. The van der Waals surface area contributed by atoms with Crippen LogP contribution in [0.2, 0.25) is 0 Å². The molecule has 0 spiro atoms. The average molecular weight is 399 g/mol. The first kappa shape index (κ1) is 22.6. The molecule has 1 aromatic rings. The highest BCUT2D eigenvalue weighted by molar-refractivity contribution is 7.89. The highest BCUT2D eigenvalue weighted by atomic mass is 32.2. The molecular formula is C17H25N3O6S. The predicted octanol–water partition coefficient (Wildman–Crippen LogP) is 0.641. The van der Waals surface area contributed by atoms with Crippen molar-refractivity contribution in [2.24, 2.45) is 5.92 Å². The van der Waals surface area contributed by atoms with Crippen LogP contribution in [-0.2, 0) is 24.3 Å². The Kier molecular flexibility index (Phi) is 8.38. The van der Waals surface area contributed by atoms with Crippen molar-refractivity contribution in [1.29, 1.82) is 0 Å². The molecule has 0 unspecified atom stereocenters. The minimum absolute atomic E-state index is 0.0444. The van der Waals surface area contributed by atoms with E-state index in [1.807, 2.05) is 26.1 Å². The monoisotopic (exact) mass is 399 g/mol. The van der Waals surface area contributed by atoms with Crippen LogP contribution in [-0.4, -0.2) is 57.4 Å². The van der Waals surface area contributed by atoms with Gasteiger partial charge in [-0.15, -0.1) is 0 Å². The molecule has 10 heteroatoms. The highest BCUT2D eigenvalue weighted by Gasteiger charge is 2.23. The molecule has 0 aliphatic rings. The number of rotatable bonds is 8. The van der Waals surface area contributed by atoms with E-state index in [1.165, 1.54) is 19.2 Å². The van der Waals surface area contributed by atoms with Gasteiger partial charge in [-0.25, -0.2) is 13.2 Å². The smallest absolute Gasteiger partial charge is 0.321 e. The molecule has 1 aromatic carbocycles. The van der Waals surface area contributed by atoms with Crippen molar-refractivity contribution in [2.45, 2.75) is 25.7 Å². The van der Waals surface area contributed by atoms with Crippen LogP contribution in [0.3, 0.4) is 0 Å². The van der Waals surface area contributed by atoms with Crippen LogP contribution < -0.4 is 10.6 Å². The van der Waals surface area contributed by atoms with Crippen molar-refractivity contribution in [3.8, 4) is 0 Å². The van der Waals surface area contributed by atoms with Gasteiger partial charge in [-0.2, -0.15) is 4.31 Å². The number of carbonyl (C=O) groups excluding carboxylic acids is 3. The molecule has 0 fully saturated rings. The summed E-state index contributed by atoms with van der Waals surface area (Å²) in [6.45, 7) is 4.75. The number of likely N-dealkylation sites (N-methyl/N-ethyl adjacent to an activating group) is 1. The van der Waals surface area contributed by atoms with E-state index in [1.54, 1.807) is 12.1 Å². The van der Waals surface area contributed by atoms with Crippen LogP contribution in [0.4, 0.5) is 4.79 Å². The normalized spacial score (nSPS) is 11.3. The predicted molar refractivity (Wildman–Crippen MR) is 98.3 cm³/mol. The van der Waals surface area contributed by atoms with Gasteiger partial charge in [0, 0.05) is 13.6 Å². The minimum atomic E-state index is -3.86. The van der Waals surface area contributed by atoms with E-state index in [0.29, 0.717) is 6.54 Å². The molecule has 2 N–H and O–H groups in total. The summed E-state index contributed by atoms with van der Waals surface area (Å²) in [7, 11) is -2.62. The summed E-state index contributed by atoms with van der Waals surface area (Å²) in [6.07, 6.45) is 0. The Labute approximate surface area is 159 Å². The molecule has 0 aromatic heterocycles. The largest absolute Gasteiger partial charge is 0.455 e. The lowest BCUT2D eigenvalue weighted by molar-refractivity contribution is -0.148. The van der Waals surface area contributed by atoms with Gasteiger partial charge in [0.15, 0.2) is 6.61 Å². The lowest BCUT2D eigenvalue weighted by atomic mass is 10.2. The maximum absolute atomic E-state index is 12.4. The van der Waals surface area contributed by atoms with Crippen LogP contribution in [0.15, 0.2) is 29.2 Å². The molecule has 0 radical (unpaired) electrons. The van der Waals surface area contributed by atoms with Crippen LogP contribution in [0.25, 0.3) is 0 Å². The maximum Gasteiger partial charge on any atom is 0.321 e. The number of aryl methyl sites for hydroxylation is 1. The first-order valence-electron chi connectivity index (χ1n) is 8.28. The number of benzene rings is 1. The molecule has 27 heavy (non-hydrogen) atoms. The van der Waals surface area contributed by atoms with Crippen LogP contribution >= 0.6 is 0 Å². The number of hydrogen-bond acceptors (Lipinski definition) is 6. The van der Waals surface area contributed by atoms with E-state index in [-0.39, 0.29) is 10.8 Å². The quantitative estimate of drug-likeness (QED) is 0.619. The number of sulfonamides is 1. The highest BCUT2D eigenvalue weighted by Crippen LogP contribution is 2.14. The number of imide groups is 1. The van der Waals surface area contributed by atoms with E-state index >= 15 is 0 Å². The van der Waals surface area contributed by atoms with Crippen molar-refractivity contribution in [3.05, 3.63) is 29.8 Å². The van der Waals surface area contributed by atoms with E-state index in [4.69, 9.17) is 4.74 Å². The van der Waals surface area contributed by atoms with Crippen molar-refractivity contribution in [2.75, 3.05) is 26.7 Å². The Morgan fingerprint density at radius 1 is 1.15 bits per heavy atom. The topological polar surface area (TPSA) is 122 Å². The zero-order valence-electron chi connectivity index (χ0n) is 15.8. The van der Waals surface area contributed by atoms with Gasteiger partial charge in [-0.05, 0) is 25.0 Å². The first-order chi connectivity index (χ1) is 12.5. The van der Waals surface area contributed by atoms with Crippen molar-refractivity contribution < 1.29 is 27.5 Å². The van der Waals surface area contributed by atoms with Gasteiger partial charge in [0.25, 0.3) is 5.91 Å². The summed E-state index contributed by atoms with van der Waals surface area (Å²) in [4.78, 5) is 34.8. The maximum atomic E-state index is 12.4. The van der Waals surface area contributed by atoms with Crippen LogP contribution in [0.5, 0.6) is 0 Å². The Balaban J connectivity index is 2.48. The van der Waals surface area contributed by atoms with Gasteiger partial charge in [0.1, 0.15) is 6.54 Å². The molecule has 0 aliphatic heterocycles. The second kappa shape index (κ2) is 10.0. The summed E-state index contributed by atoms with van der Waals surface area (Å²) in [6, 6.07) is 5.48. The molecule has 150 valence electrons. The Bertz CT molecular complexity index is 774. The third-order valence-electron chi connectivity index (χ3n) is 3.37. The fraction of sp³-hybridized carbons (Fsp3) is 0.471. The van der Waals surface area contributed by atoms with Crippen molar-refractivity contribution >= 4 is 27.9 Å². The Hall–Kier alpha value is -2.46. The second-order valence-corrected chi connectivity index (χ2v) is 8.43. The van der Waals surface area contributed by atoms with E-state index in [0.717, 1.165) is 9.87 Å². The molecular weight excluding hydrogens is 374 g/mol. The second-order valence-electron chi connectivity index (χ2n) is 6.39. The summed E-state index contributed by atoms with van der Waals surface area (Å²) in [5.41, 5.74) is 0.902. The molecule has 3 amide bonds. The molecule has 0 atom stereocenters. The third-order valence-corrected chi connectivity index (χ3v) is 5.19. The number of ether oxygens (including phenoxy) is 1. The lowest BCUT2D eigenvalue weighted by Gasteiger charge is -2.16. The van der Waals surface area contributed by atoms with E-state index < -0.39 is 41.1 Å². The van der Waals surface area contributed by atoms with Gasteiger partial charge in [0.05, 0.1) is 4.90 Å². The molecule has 0 bridgehead atoms. The lowest BCUT2D eigenvalue weighted by Crippen LogP contribution is -2.43. The summed E-state index contributed by atoms with van der Waals surface area (Å²) in [5, 5.41) is 4.48. The number of nitrogens with zero attached hydrogens (tertiary/aromatic N) is 1. The number of esters is 1. The fourth-order valence-corrected chi connectivity index (χ4v) is 2.97. The number of hydrogen-bond donors (Lipinski definition) is 2. The zero-order valence-corrected chi connectivity index (χ0v) is 16.6. The Morgan fingerprint density at radius 2 is 1.74 bits per heavy atom. The minimum Gasteiger partial charge on any atom is -0.455 e. The number of nitrogens with one attached hydrogen (secondary N) is 2. The molecule has 0 saturated heterocycles. The molecule has 0 heterocycles.